The highest BCUT2D eigenvalue weighted by atomic mass is 19.1. The van der Waals surface area contributed by atoms with Gasteiger partial charge in [0.05, 0.1) is 5.69 Å². The van der Waals surface area contributed by atoms with Crippen LogP contribution in [-0.4, -0.2) is 22.9 Å². The number of amides is 1. The van der Waals surface area contributed by atoms with Crippen molar-refractivity contribution in [2.45, 2.75) is 6.10 Å². The maximum absolute atomic E-state index is 13.1. The third-order valence-corrected chi connectivity index (χ3v) is 2.02. The smallest absolute Gasteiger partial charge is 0.261 e. The molecule has 0 fully saturated rings. The fourth-order valence-corrected chi connectivity index (χ4v) is 1.31. The number of para-hydroxylation sites is 1. The van der Waals surface area contributed by atoms with Gasteiger partial charge in [-0.1, -0.05) is 6.07 Å². The van der Waals surface area contributed by atoms with E-state index in [-0.39, 0.29) is 11.3 Å². The maximum Gasteiger partial charge on any atom is 0.261 e. The summed E-state index contributed by atoms with van der Waals surface area (Å²) in [5.41, 5.74) is -0.162. The van der Waals surface area contributed by atoms with Gasteiger partial charge < -0.3 is 10.4 Å². The number of rotatable bonds is 0. The molecule has 1 unspecified atom stereocenters. The molecule has 2 N–H and O–H groups in total. The van der Waals surface area contributed by atoms with Gasteiger partial charge in [-0.05, 0) is 12.1 Å². The molecule has 5 heteroatoms. The fourth-order valence-electron chi connectivity index (χ4n) is 1.31. The summed E-state index contributed by atoms with van der Waals surface area (Å²) in [6, 6.07) is 3.82. The van der Waals surface area contributed by atoms with E-state index in [4.69, 9.17) is 5.11 Å². The zero-order valence-corrected chi connectivity index (χ0v) is 6.95. The average Bonchev–Trinajstić information content (AvgIpc) is 2.17. The topological polar surface area (TPSA) is 66.4 Å². The Labute approximate surface area is 78.4 Å². The number of nitrogens with one attached hydrogen (secondary N) is 1. The van der Waals surface area contributed by atoms with Crippen LogP contribution in [0.15, 0.2) is 18.2 Å². The van der Waals surface area contributed by atoms with Gasteiger partial charge in [0, 0.05) is 5.56 Å². The molecule has 0 aromatic heterocycles. The number of Topliss-reactive ketones (excluding diaryl/α,β-unsaturated/α-hetero) is 1. The Morgan fingerprint density at radius 1 is 1.36 bits per heavy atom. The zero-order chi connectivity index (χ0) is 10.3. The lowest BCUT2D eigenvalue weighted by Gasteiger charge is -2.19. The van der Waals surface area contributed by atoms with Gasteiger partial charge in [-0.25, -0.2) is 4.39 Å². The van der Waals surface area contributed by atoms with Gasteiger partial charge >= 0.3 is 0 Å². The molecular weight excluding hydrogens is 189 g/mol. The number of carbonyl (C=O) groups excluding carboxylic acids is 2. The summed E-state index contributed by atoms with van der Waals surface area (Å²) in [5.74, 6) is -2.35. The normalized spacial score (nSPS) is 20.3. The van der Waals surface area contributed by atoms with Gasteiger partial charge in [0.2, 0.25) is 5.78 Å². The largest absolute Gasteiger partial charge is 0.376 e. The maximum atomic E-state index is 13.1. The van der Waals surface area contributed by atoms with Crippen molar-refractivity contribution < 1.29 is 19.1 Å². The number of fused-ring (bicyclic) bond motifs is 1. The molecule has 1 aromatic carbocycles. The second-order valence-electron chi connectivity index (χ2n) is 2.92. The Hall–Kier alpha value is -1.75. The molecule has 0 bridgehead atoms. The highest BCUT2D eigenvalue weighted by molar-refractivity contribution is 6.22. The summed E-state index contributed by atoms with van der Waals surface area (Å²) in [6.45, 7) is 0. The Morgan fingerprint density at radius 3 is 2.79 bits per heavy atom. The fraction of sp³-hybridized carbons (Fsp3) is 0.111. The third kappa shape index (κ3) is 1.10. The van der Waals surface area contributed by atoms with Crippen molar-refractivity contribution in [1.29, 1.82) is 0 Å². The van der Waals surface area contributed by atoms with Crippen molar-refractivity contribution in [3.8, 4) is 0 Å². The lowest BCUT2D eigenvalue weighted by Crippen LogP contribution is -2.40. The predicted molar refractivity (Wildman–Crippen MR) is 45.4 cm³/mol. The van der Waals surface area contributed by atoms with Crippen molar-refractivity contribution in [1.82, 2.24) is 0 Å². The van der Waals surface area contributed by atoms with Crippen LogP contribution in [0.5, 0.6) is 0 Å². The molecule has 0 aliphatic carbocycles. The summed E-state index contributed by atoms with van der Waals surface area (Å²) < 4.78 is 13.1. The molecule has 72 valence electrons. The van der Waals surface area contributed by atoms with Crippen LogP contribution >= 0.6 is 0 Å². The SMILES string of the molecule is O=C1Nc2c(F)cccc2C(=O)C1O. The van der Waals surface area contributed by atoms with Crippen LogP contribution in [0.25, 0.3) is 0 Å². The summed E-state index contributed by atoms with van der Waals surface area (Å²) in [5, 5.41) is 11.2. The van der Waals surface area contributed by atoms with Gasteiger partial charge in [-0.15, -0.1) is 0 Å². The predicted octanol–water partition coefficient (Wildman–Crippen LogP) is 0.321. The van der Waals surface area contributed by atoms with Crippen molar-refractivity contribution in [2.24, 2.45) is 0 Å². The number of halogens is 1. The zero-order valence-electron chi connectivity index (χ0n) is 6.95. The number of carbonyl (C=O) groups is 2. The van der Waals surface area contributed by atoms with Crippen LogP contribution in [0.3, 0.4) is 0 Å². The average molecular weight is 195 g/mol. The summed E-state index contributed by atoms with van der Waals surface area (Å²) in [6.07, 6.45) is -1.73. The van der Waals surface area contributed by atoms with E-state index in [9.17, 15) is 14.0 Å². The van der Waals surface area contributed by atoms with E-state index >= 15 is 0 Å². The Morgan fingerprint density at radius 2 is 2.07 bits per heavy atom. The molecule has 0 saturated carbocycles. The number of hydrogen-bond donors (Lipinski definition) is 2. The molecule has 14 heavy (non-hydrogen) atoms. The minimum Gasteiger partial charge on any atom is -0.376 e. The highest BCUT2D eigenvalue weighted by Crippen LogP contribution is 2.25. The van der Waals surface area contributed by atoms with E-state index in [0.29, 0.717) is 0 Å². The van der Waals surface area contributed by atoms with Gasteiger partial charge in [-0.2, -0.15) is 0 Å². The number of aliphatic hydroxyl groups is 1. The molecule has 0 radical (unpaired) electrons. The van der Waals surface area contributed by atoms with Crippen molar-refractivity contribution in [3.05, 3.63) is 29.6 Å². The number of aliphatic hydroxyl groups excluding tert-OH is 1. The van der Waals surface area contributed by atoms with E-state index in [0.717, 1.165) is 6.07 Å². The van der Waals surface area contributed by atoms with Crippen molar-refractivity contribution in [2.75, 3.05) is 5.32 Å². The minimum atomic E-state index is -1.73. The summed E-state index contributed by atoms with van der Waals surface area (Å²) in [4.78, 5) is 22.3. The highest BCUT2D eigenvalue weighted by Gasteiger charge is 2.33. The molecule has 1 aliphatic heterocycles. The van der Waals surface area contributed by atoms with Gasteiger partial charge in [-0.3, -0.25) is 9.59 Å². The summed E-state index contributed by atoms with van der Waals surface area (Å²) in [7, 11) is 0. The lowest BCUT2D eigenvalue weighted by atomic mass is 9.99. The number of hydrogen-bond acceptors (Lipinski definition) is 3. The number of ketones is 1. The molecule has 1 aromatic rings. The molecule has 0 spiro atoms. The van der Waals surface area contributed by atoms with Crippen molar-refractivity contribution >= 4 is 17.4 Å². The van der Waals surface area contributed by atoms with Crippen molar-refractivity contribution in [3.63, 3.8) is 0 Å². The molecule has 0 saturated heterocycles. The quantitative estimate of drug-likeness (QED) is 0.586. The molecule has 1 atom stereocenters. The van der Waals surface area contributed by atoms with Crippen LogP contribution in [0.2, 0.25) is 0 Å². The molecule has 2 rings (SSSR count). The van der Waals surface area contributed by atoms with E-state index < -0.39 is 23.6 Å². The van der Waals surface area contributed by atoms with Crippen LogP contribution in [0.1, 0.15) is 10.4 Å². The molecule has 1 aliphatic rings. The van der Waals surface area contributed by atoms with Gasteiger partial charge in [0.25, 0.3) is 5.91 Å². The Kier molecular flexibility index (Phi) is 1.82. The second kappa shape index (κ2) is 2.88. The summed E-state index contributed by atoms with van der Waals surface area (Å²) >= 11 is 0. The second-order valence-corrected chi connectivity index (χ2v) is 2.92. The van der Waals surface area contributed by atoms with Crippen LogP contribution < -0.4 is 5.32 Å². The first-order valence-corrected chi connectivity index (χ1v) is 3.93. The third-order valence-electron chi connectivity index (χ3n) is 2.02. The molecule has 1 amide bonds. The minimum absolute atomic E-state index is 0.00269. The first-order valence-electron chi connectivity index (χ1n) is 3.93. The molecular formula is C9H6FNO3. The molecule has 1 heterocycles. The Balaban J connectivity index is 2.62. The van der Waals surface area contributed by atoms with E-state index in [1.165, 1.54) is 12.1 Å². The van der Waals surface area contributed by atoms with E-state index in [1.807, 2.05) is 0 Å². The number of benzene rings is 1. The van der Waals surface area contributed by atoms with Crippen LogP contribution in [0.4, 0.5) is 10.1 Å². The molecule has 4 nitrogen and oxygen atoms in total. The monoisotopic (exact) mass is 195 g/mol. The van der Waals surface area contributed by atoms with Gasteiger partial charge in [0.15, 0.2) is 6.10 Å². The Bertz CT molecular complexity index is 430. The van der Waals surface area contributed by atoms with Crippen LogP contribution in [0, 0.1) is 5.82 Å². The first-order chi connectivity index (χ1) is 6.61. The van der Waals surface area contributed by atoms with E-state index in [2.05, 4.69) is 5.32 Å². The lowest BCUT2D eigenvalue weighted by molar-refractivity contribution is -0.122. The van der Waals surface area contributed by atoms with Gasteiger partial charge in [0.1, 0.15) is 5.82 Å². The number of anilines is 1. The van der Waals surface area contributed by atoms with Crippen LogP contribution in [-0.2, 0) is 4.79 Å². The van der Waals surface area contributed by atoms with E-state index in [1.54, 1.807) is 0 Å². The standard InChI is InChI=1S/C9H6FNO3/c10-5-3-1-2-4-6(5)11-9(14)8(13)7(4)12/h1-3,8,13H,(H,11,14). The first kappa shape index (κ1) is 8.83.